The normalized spacial score (nSPS) is 23.7. The topological polar surface area (TPSA) is 116 Å². The zero-order valence-electron chi connectivity index (χ0n) is 20.9. The fraction of sp³-hybridized carbons (Fsp3) is 0.464. The Labute approximate surface area is 219 Å². The van der Waals surface area contributed by atoms with Gasteiger partial charge in [0, 0.05) is 36.3 Å². The van der Waals surface area contributed by atoms with E-state index in [0.29, 0.717) is 17.4 Å². The van der Waals surface area contributed by atoms with Crippen molar-refractivity contribution in [2.75, 3.05) is 24.6 Å². The van der Waals surface area contributed by atoms with Crippen molar-refractivity contribution in [2.45, 2.75) is 44.8 Å². The zero-order chi connectivity index (χ0) is 26.8. The number of allylic oxidation sites excluding steroid dienone is 1. The largest absolute Gasteiger partial charge is 0.512 e. The van der Waals surface area contributed by atoms with Gasteiger partial charge in [-0.25, -0.2) is 9.78 Å². The lowest BCUT2D eigenvalue weighted by Gasteiger charge is -2.31. The number of pyridine rings is 1. The molecule has 1 aromatic heterocycles. The summed E-state index contributed by atoms with van der Waals surface area (Å²) in [5.41, 5.74) is 0.597. The van der Waals surface area contributed by atoms with Gasteiger partial charge in [-0.1, -0.05) is 12.1 Å². The number of nitrogens with one attached hydrogen (secondary N) is 1. The molecule has 1 saturated heterocycles. The highest BCUT2D eigenvalue weighted by atomic mass is 19.3. The minimum Gasteiger partial charge on any atom is -0.512 e. The number of benzene rings is 1. The first-order valence-corrected chi connectivity index (χ1v) is 12.9. The molecule has 3 N–H and O–H groups in total. The number of ether oxygens (including phenoxy) is 2. The van der Waals surface area contributed by atoms with Gasteiger partial charge in [0.05, 0.1) is 24.0 Å². The standard InChI is InChI=1S/C28H31F2N3O5/c29-28(30)38-23-4-2-1-3-21(23)25(31)22(26(34)16-5-6-16)15-37-20-9-7-18-13-33(14-19(18)11-20)24-10-8-17(12-32-24)27(35)36/h1-4,8,10,12,16,18-20,28,31,34H,5-7,9,11,13-15H2,(H,35,36)/b26-22-,31-25?/t18?,19-,20-/m0/s1. The number of alkyl halides is 2. The smallest absolute Gasteiger partial charge is 0.387 e. The van der Waals surface area contributed by atoms with Crippen molar-refractivity contribution < 1.29 is 33.3 Å². The lowest BCUT2D eigenvalue weighted by atomic mass is 9.80. The third kappa shape index (κ3) is 5.80. The summed E-state index contributed by atoms with van der Waals surface area (Å²) in [7, 11) is 0. The highest BCUT2D eigenvalue weighted by Crippen LogP contribution is 2.40. The van der Waals surface area contributed by atoms with E-state index in [1.807, 2.05) is 0 Å². The molecule has 2 heterocycles. The summed E-state index contributed by atoms with van der Waals surface area (Å²) in [5.74, 6) is 0.596. The molecule has 38 heavy (non-hydrogen) atoms. The molecule has 2 aliphatic carbocycles. The van der Waals surface area contributed by atoms with Gasteiger partial charge >= 0.3 is 12.6 Å². The number of carbonyl (C=O) groups is 1. The number of aliphatic hydroxyl groups excluding tert-OH is 1. The van der Waals surface area contributed by atoms with Crippen molar-refractivity contribution in [3.63, 3.8) is 0 Å². The third-order valence-electron chi connectivity index (χ3n) is 7.73. The number of aliphatic hydroxyl groups is 1. The van der Waals surface area contributed by atoms with E-state index < -0.39 is 12.6 Å². The summed E-state index contributed by atoms with van der Waals surface area (Å²) in [6, 6.07) is 9.45. The number of rotatable bonds is 10. The van der Waals surface area contributed by atoms with Crippen molar-refractivity contribution in [3.05, 3.63) is 65.1 Å². The molecule has 0 amide bonds. The summed E-state index contributed by atoms with van der Waals surface area (Å²) < 4.78 is 36.7. The molecule has 0 bridgehead atoms. The quantitative estimate of drug-likeness (QED) is 0.284. The Morgan fingerprint density at radius 3 is 2.53 bits per heavy atom. The number of aromatic carboxylic acids is 1. The van der Waals surface area contributed by atoms with Gasteiger partial charge in [-0.15, -0.1) is 0 Å². The number of hydrogen-bond acceptors (Lipinski definition) is 7. The van der Waals surface area contributed by atoms with Crippen molar-refractivity contribution in [2.24, 2.45) is 17.8 Å². The van der Waals surface area contributed by atoms with Crippen LogP contribution in [0.5, 0.6) is 5.75 Å². The molecule has 3 atom stereocenters. The first-order chi connectivity index (χ1) is 18.3. The maximum atomic E-state index is 12.9. The van der Waals surface area contributed by atoms with Crippen molar-refractivity contribution >= 4 is 17.5 Å². The molecule has 0 spiro atoms. The van der Waals surface area contributed by atoms with Crippen molar-refractivity contribution in [3.8, 4) is 5.75 Å². The van der Waals surface area contributed by atoms with Crippen LogP contribution < -0.4 is 9.64 Å². The van der Waals surface area contributed by atoms with E-state index in [0.717, 1.165) is 51.0 Å². The predicted molar refractivity (Wildman–Crippen MR) is 136 cm³/mol. The average Bonchev–Trinajstić information content (AvgIpc) is 3.67. The second kappa shape index (κ2) is 11.1. The Bertz CT molecular complexity index is 1220. The Balaban J connectivity index is 1.24. The third-order valence-corrected chi connectivity index (χ3v) is 7.73. The Hall–Kier alpha value is -3.53. The SMILES string of the molecule is N=C(/C(CO[C@H]1CCC2CN(c3ccc(C(=O)O)cn3)C[C@@H]2C1)=C(\O)C1CC1)c1ccccc1OC(F)F. The van der Waals surface area contributed by atoms with Gasteiger partial charge in [-0.05, 0) is 68.2 Å². The summed E-state index contributed by atoms with van der Waals surface area (Å²) in [6.45, 7) is -1.34. The predicted octanol–water partition coefficient (Wildman–Crippen LogP) is 5.29. The first kappa shape index (κ1) is 26.1. The van der Waals surface area contributed by atoms with Gasteiger partial charge < -0.3 is 24.6 Å². The number of carboxylic acids is 1. The summed E-state index contributed by atoms with van der Waals surface area (Å²) in [6.07, 6.45) is 5.60. The molecular weight excluding hydrogens is 496 g/mol. The number of carboxylic acid groups (broad SMARTS) is 1. The molecule has 1 unspecified atom stereocenters. The van der Waals surface area contributed by atoms with Gasteiger partial charge in [0.2, 0.25) is 0 Å². The van der Waals surface area contributed by atoms with Crippen molar-refractivity contribution in [1.82, 2.24) is 4.98 Å². The molecule has 8 nitrogen and oxygen atoms in total. The number of para-hydroxylation sites is 1. The molecule has 2 aromatic rings. The lowest BCUT2D eigenvalue weighted by molar-refractivity contribution is -0.0499. The molecule has 10 heteroatoms. The highest BCUT2D eigenvalue weighted by molar-refractivity contribution is 6.12. The molecule has 3 fully saturated rings. The lowest BCUT2D eigenvalue weighted by Crippen LogP contribution is -2.30. The summed E-state index contributed by atoms with van der Waals surface area (Å²) in [5, 5.41) is 28.7. The number of aromatic nitrogens is 1. The zero-order valence-corrected chi connectivity index (χ0v) is 20.9. The second-order valence-corrected chi connectivity index (χ2v) is 10.3. The molecule has 1 aromatic carbocycles. The van der Waals surface area contributed by atoms with E-state index in [2.05, 4.69) is 14.6 Å². The molecule has 5 rings (SSSR count). The summed E-state index contributed by atoms with van der Waals surface area (Å²) in [4.78, 5) is 17.6. The molecule has 202 valence electrons. The number of halogens is 2. The van der Waals surface area contributed by atoms with E-state index >= 15 is 0 Å². The minimum absolute atomic E-state index is 0.0220. The van der Waals surface area contributed by atoms with Crippen LogP contribution in [-0.4, -0.2) is 59.3 Å². The molecule has 0 radical (unpaired) electrons. The molecule has 2 saturated carbocycles. The van der Waals surface area contributed by atoms with Gasteiger partial charge in [0.15, 0.2) is 0 Å². The minimum atomic E-state index is -3.02. The van der Waals surface area contributed by atoms with Crippen molar-refractivity contribution in [1.29, 1.82) is 5.41 Å². The Kier molecular flexibility index (Phi) is 7.60. The van der Waals surface area contributed by atoms with E-state index in [4.69, 9.17) is 15.3 Å². The van der Waals surface area contributed by atoms with Crippen LogP contribution in [0.2, 0.25) is 0 Å². The maximum Gasteiger partial charge on any atom is 0.387 e. The second-order valence-electron chi connectivity index (χ2n) is 10.3. The number of anilines is 1. The van der Waals surface area contributed by atoms with Gasteiger partial charge in [-0.2, -0.15) is 8.78 Å². The molecule has 1 aliphatic heterocycles. The van der Waals surface area contributed by atoms with Gasteiger partial charge in [0.1, 0.15) is 17.3 Å². The van der Waals surface area contributed by atoms with Crippen LogP contribution >= 0.6 is 0 Å². The Morgan fingerprint density at radius 2 is 1.84 bits per heavy atom. The van der Waals surface area contributed by atoms with Crippen LogP contribution in [0.15, 0.2) is 53.9 Å². The number of hydrogen-bond donors (Lipinski definition) is 3. The van der Waals surface area contributed by atoms with Crippen LogP contribution in [-0.2, 0) is 4.74 Å². The van der Waals surface area contributed by atoms with Crippen LogP contribution in [0.25, 0.3) is 0 Å². The van der Waals surface area contributed by atoms with Crippen LogP contribution in [0.1, 0.15) is 48.0 Å². The van der Waals surface area contributed by atoms with Crippen LogP contribution in [0, 0.1) is 23.2 Å². The maximum absolute atomic E-state index is 12.9. The fourth-order valence-corrected chi connectivity index (χ4v) is 5.54. The molecular formula is C28H31F2N3O5. The highest BCUT2D eigenvalue weighted by Gasteiger charge is 2.39. The van der Waals surface area contributed by atoms with Crippen LogP contribution in [0.3, 0.4) is 0 Å². The van der Waals surface area contributed by atoms with E-state index in [9.17, 15) is 18.7 Å². The number of nitrogens with zero attached hydrogens (tertiary/aromatic N) is 2. The fourth-order valence-electron chi connectivity index (χ4n) is 5.54. The number of fused-ring (bicyclic) bond motifs is 1. The first-order valence-electron chi connectivity index (χ1n) is 12.9. The summed E-state index contributed by atoms with van der Waals surface area (Å²) >= 11 is 0. The Morgan fingerprint density at radius 1 is 1.08 bits per heavy atom. The molecule has 3 aliphatic rings. The van der Waals surface area contributed by atoms with Gasteiger partial charge in [0.25, 0.3) is 0 Å². The van der Waals surface area contributed by atoms with Crippen LogP contribution in [0.4, 0.5) is 14.6 Å². The van der Waals surface area contributed by atoms with E-state index in [-0.39, 0.29) is 47.0 Å². The van der Waals surface area contributed by atoms with E-state index in [1.165, 1.54) is 18.3 Å². The van der Waals surface area contributed by atoms with Gasteiger partial charge in [-0.3, -0.25) is 5.41 Å². The monoisotopic (exact) mass is 527 g/mol. The van der Waals surface area contributed by atoms with E-state index in [1.54, 1.807) is 24.3 Å². The average molecular weight is 528 g/mol.